The van der Waals surface area contributed by atoms with Crippen molar-refractivity contribution in [3.63, 3.8) is 0 Å². The normalized spacial score (nSPS) is 11.7. The highest BCUT2D eigenvalue weighted by Gasteiger charge is 2.16. The molecule has 7 heteroatoms. The number of nitro groups is 1. The molecule has 0 radical (unpaired) electrons. The van der Waals surface area contributed by atoms with Crippen LogP contribution in [0.25, 0.3) is 0 Å². The molecule has 0 saturated carbocycles. The zero-order chi connectivity index (χ0) is 18.1. The van der Waals surface area contributed by atoms with Crippen LogP contribution in [-0.4, -0.2) is 29.1 Å². The number of nitro benzene ring substituents is 1. The summed E-state index contributed by atoms with van der Waals surface area (Å²) in [5, 5.41) is 25.7. The van der Waals surface area contributed by atoms with Gasteiger partial charge in [0.1, 0.15) is 5.69 Å². The fourth-order valence-corrected chi connectivity index (χ4v) is 2.52. The Morgan fingerprint density at radius 1 is 1.12 bits per heavy atom. The summed E-state index contributed by atoms with van der Waals surface area (Å²) in [5.41, 5.74) is 1.05. The minimum absolute atomic E-state index is 0.0110. The predicted molar refractivity (Wildman–Crippen MR) is 95.2 cm³/mol. The molecule has 0 saturated heterocycles. The minimum atomic E-state index is -0.531. The monoisotopic (exact) mass is 343 g/mol. The molecule has 0 bridgehead atoms. The Hall–Kier alpha value is -2.77. The van der Waals surface area contributed by atoms with Crippen molar-refractivity contribution in [3.8, 4) is 0 Å². The number of nitrogens with one attached hydrogen (secondary N) is 2. The molecule has 2 aromatic rings. The number of aliphatic hydroxyl groups is 1. The lowest BCUT2D eigenvalue weighted by atomic mass is 10.0. The smallest absolute Gasteiger partial charge is 0.292 e. The summed E-state index contributed by atoms with van der Waals surface area (Å²) in [6.07, 6.45) is 1.29. The first-order valence-electron chi connectivity index (χ1n) is 8.04. The number of rotatable bonds is 9. The molecule has 0 aliphatic heterocycles. The Morgan fingerprint density at radius 3 is 2.48 bits per heavy atom. The Balaban J connectivity index is 1.98. The summed E-state index contributed by atoms with van der Waals surface area (Å²) in [7, 11) is 0. The topological polar surface area (TPSA) is 104 Å². The van der Waals surface area contributed by atoms with Gasteiger partial charge in [-0.3, -0.25) is 14.9 Å². The van der Waals surface area contributed by atoms with Crippen LogP contribution in [0.4, 0.5) is 11.4 Å². The summed E-state index contributed by atoms with van der Waals surface area (Å²) in [6.45, 7) is 0.0878. The van der Waals surface area contributed by atoms with E-state index in [0.717, 1.165) is 5.56 Å². The lowest BCUT2D eigenvalue weighted by Crippen LogP contribution is -2.31. The lowest BCUT2D eigenvalue weighted by molar-refractivity contribution is -0.383. The molecule has 7 nitrogen and oxygen atoms in total. The van der Waals surface area contributed by atoms with Crippen molar-refractivity contribution in [1.29, 1.82) is 0 Å². The number of carbonyl (C=O) groups excluding carboxylic acids is 1. The molecule has 1 amide bonds. The van der Waals surface area contributed by atoms with E-state index >= 15 is 0 Å². The van der Waals surface area contributed by atoms with E-state index in [0.29, 0.717) is 12.8 Å². The molecule has 25 heavy (non-hydrogen) atoms. The Kier molecular flexibility index (Phi) is 7.06. The molecule has 3 N–H and O–H groups in total. The summed E-state index contributed by atoms with van der Waals surface area (Å²) in [5.74, 6) is -0.362. The molecule has 2 rings (SSSR count). The Labute approximate surface area is 145 Å². The molecule has 0 aliphatic rings. The number of carbonyl (C=O) groups is 1. The molecular weight excluding hydrogens is 322 g/mol. The maximum absolute atomic E-state index is 12.2. The van der Waals surface area contributed by atoms with Crippen LogP contribution in [0.2, 0.25) is 0 Å². The van der Waals surface area contributed by atoms with Gasteiger partial charge >= 0.3 is 0 Å². The van der Waals surface area contributed by atoms with Gasteiger partial charge in [-0.25, -0.2) is 0 Å². The van der Waals surface area contributed by atoms with Crippen molar-refractivity contribution < 1.29 is 14.8 Å². The van der Waals surface area contributed by atoms with Gasteiger partial charge in [-0.1, -0.05) is 42.5 Å². The Morgan fingerprint density at radius 2 is 1.80 bits per heavy atom. The van der Waals surface area contributed by atoms with Gasteiger partial charge in [-0.15, -0.1) is 0 Å². The molecule has 1 unspecified atom stereocenters. The van der Waals surface area contributed by atoms with E-state index in [9.17, 15) is 14.9 Å². The predicted octanol–water partition coefficient (Wildman–Crippen LogP) is 2.64. The maximum atomic E-state index is 12.2. The fraction of sp³-hybridized carbons (Fsp3) is 0.278. The van der Waals surface area contributed by atoms with Crippen molar-refractivity contribution >= 4 is 17.3 Å². The number of aliphatic hydroxyl groups excluding tert-OH is 1. The molecule has 0 heterocycles. The average Bonchev–Trinajstić information content (AvgIpc) is 2.63. The summed E-state index contributed by atoms with van der Waals surface area (Å²) in [6, 6.07) is 15.6. The lowest BCUT2D eigenvalue weighted by Gasteiger charge is -2.18. The van der Waals surface area contributed by atoms with Crippen LogP contribution >= 0.6 is 0 Å². The highest BCUT2D eigenvalue weighted by Crippen LogP contribution is 2.23. The van der Waals surface area contributed by atoms with E-state index in [1.54, 1.807) is 12.1 Å². The fourth-order valence-electron chi connectivity index (χ4n) is 2.52. The van der Waals surface area contributed by atoms with E-state index in [4.69, 9.17) is 5.11 Å². The molecular formula is C18H21N3O4. The third kappa shape index (κ3) is 5.66. The number of benzene rings is 2. The summed E-state index contributed by atoms with van der Waals surface area (Å²) >= 11 is 0. The van der Waals surface area contributed by atoms with Crippen LogP contribution in [0.3, 0.4) is 0 Å². The largest absolute Gasteiger partial charge is 0.396 e. The van der Waals surface area contributed by atoms with E-state index < -0.39 is 4.92 Å². The maximum Gasteiger partial charge on any atom is 0.292 e. The first kappa shape index (κ1) is 18.6. The highest BCUT2D eigenvalue weighted by atomic mass is 16.6. The van der Waals surface area contributed by atoms with Gasteiger partial charge in [0.25, 0.3) is 5.69 Å². The van der Waals surface area contributed by atoms with E-state index in [-0.39, 0.29) is 36.5 Å². The average molecular weight is 343 g/mol. The zero-order valence-electron chi connectivity index (χ0n) is 13.7. The number of anilines is 1. The number of para-hydroxylation sites is 2. The standard InChI is InChI=1S/C18H21N3O4/c22-12-6-10-15(14-7-2-1-3-8-14)19-13-18(23)20-16-9-4-5-11-17(16)21(24)25/h1-5,7-9,11,15,19,22H,6,10,12-13H2,(H,20,23). The third-order valence-corrected chi connectivity index (χ3v) is 3.74. The molecule has 1 atom stereocenters. The van der Waals surface area contributed by atoms with Crippen LogP contribution in [0.5, 0.6) is 0 Å². The SMILES string of the molecule is O=C(CNC(CCCO)c1ccccc1)Nc1ccccc1[N+](=O)[O-]. The molecule has 0 aromatic heterocycles. The number of amides is 1. The first-order chi connectivity index (χ1) is 12.1. The van der Waals surface area contributed by atoms with Gasteiger partial charge in [0.2, 0.25) is 5.91 Å². The molecule has 0 spiro atoms. The van der Waals surface area contributed by atoms with E-state index in [2.05, 4.69) is 10.6 Å². The van der Waals surface area contributed by atoms with E-state index in [1.807, 2.05) is 30.3 Å². The van der Waals surface area contributed by atoms with Gasteiger partial charge < -0.3 is 15.7 Å². The van der Waals surface area contributed by atoms with Crippen LogP contribution < -0.4 is 10.6 Å². The Bertz CT molecular complexity index is 706. The third-order valence-electron chi connectivity index (χ3n) is 3.74. The summed E-state index contributed by atoms with van der Waals surface area (Å²) in [4.78, 5) is 22.6. The van der Waals surface area contributed by atoms with Crippen molar-refractivity contribution in [2.75, 3.05) is 18.5 Å². The van der Waals surface area contributed by atoms with Crippen LogP contribution in [0.15, 0.2) is 54.6 Å². The summed E-state index contributed by atoms with van der Waals surface area (Å²) < 4.78 is 0. The van der Waals surface area contributed by atoms with E-state index in [1.165, 1.54) is 12.1 Å². The minimum Gasteiger partial charge on any atom is -0.396 e. The second-order valence-electron chi connectivity index (χ2n) is 5.53. The van der Waals surface area contributed by atoms with Crippen molar-refractivity contribution in [3.05, 3.63) is 70.3 Å². The van der Waals surface area contributed by atoms with Crippen LogP contribution in [-0.2, 0) is 4.79 Å². The molecule has 2 aromatic carbocycles. The second kappa shape index (κ2) is 9.51. The first-order valence-corrected chi connectivity index (χ1v) is 8.04. The number of nitrogens with zero attached hydrogens (tertiary/aromatic N) is 1. The quantitative estimate of drug-likeness (QED) is 0.479. The van der Waals surface area contributed by atoms with Gasteiger partial charge in [-0.2, -0.15) is 0 Å². The van der Waals surface area contributed by atoms with Crippen LogP contribution in [0, 0.1) is 10.1 Å². The molecule has 132 valence electrons. The second-order valence-corrected chi connectivity index (χ2v) is 5.53. The zero-order valence-corrected chi connectivity index (χ0v) is 13.7. The van der Waals surface area contributed by atoms with Gasteiger partial charge in [-0.05, 0) is 24.5 Å². The van der Waals surface area contributed by atoms with Crippen LogP contribution in [0.1, 0.15) is 24.4 Å². The number of hydrogen-bond acceptors (Lipinski definition) is 5. The van der Waals surface area contributed by atoms with Crippen molar-refractivity contribution in [2.24, 2.45) is 0 Å². The van der Waals surface area contributed by atoms with Gasteiger partial charge in [0, 0.05) is 18.7 Å². The molecule has 0 aliphatic carbocycles. The highest BCUT2D eigenvalue weighted by molar-refractivity contribution is 5.94. The van der Waals surface area contributed by atoms with Gasteiger partial charge in [0.15, 0.2) is 0 Å². The van der Waals surface area contributed by atoms with Crippen molar-refractivity contribution in [1.82, 2.24) is 5.32 Å². The van der Waals surface area contributed by atoms with Crippen molar-refractivity contribution in [2.45, 2.75) is 18.9 Å². The van der Waals surface area contributed by atoms with Gasteiger partial charge in [0.05, 0.1) is 11.5 Å². The molecule has 0 fully saturated rings. The number of hydrogen-bond donors (Lipinski definition) is 3.